The molecule has 128 valence electrons. The normalized spacial score (nSPS) is 17.1. The maximum atomic E-state index is 12.3. The van der Waals surface area contributed by atoms with Gasteiger partial charge in [0.1, 0.15) is 0 Å². The zero-order valence-electron chi connectivity index (χ0n) is 13.9. The molecule has 6 heteroatoms. The Morgan fingerprint density at radius 3 is 2.39 bits per heavy atom. The molecule has 23 heavy (non-hydrogen) atoms. The molecular weight excluding hydrogens is 312 g/mol. The number of hydrogen-bond donors (Lipinski definition) is 1. The maximum Gasteiger partial charge on any atom is 0.251 e. The molecule has 1 aromatic carbocycles. The number of carbonyl (C=O) groups excluding carboxylic acids is 1. The van der Waals surface area contributed by atoms with Crippen LogP contribution in [0.3, 0.4) is 0 Å². The Morgan fingerprint density at radius 2 is 1.83 bits per heavy atom. The lowest BCUT2D eigenvalue weighted by molar-refractivity contribution is 0.0938. The number of hydrogen-bond acceptors (Lipinski definition) is 3. The van der Waals surface area contributed by atoms with Crippen molar-refractivity contribution in [2.75, 3.05) is 13.1 Å². The molecule has 0 radical (unpaired) electrons. The summed E-state index contributed by atoms with van der Waals surface area (Å²) in [5, 5.41) is 2.94. The van der Waals surface area contributed by atoms with Crippen molar-refractivity contribution in [3.05, 3.63) is 35.4 Å². The van der Waals surface area contributed by atoms with E-state index in [4.69, 9.17) is 0 Å². The highest BCUT2D eigenvalue weighted by Crippen LogP contribution is 2.17. The second-order valence-corrected chi connectivity index (χ2v) is 8.19. The fraction of sp³-hybridized carbons (Fsp3) is 0.588. The van der Waals surface area contributed by atoms with Crippen molar-refractivity contribution in [2.45, 2.75) is 51.3 Å². The van der Waals surface area contributed by atoms with Gasteiger partial charge in [0.2, 0.25) is 10.0 Å². The number of benzene rings is 1. The lowest BCUT2D eigenvalue weighted by Gasteiger charge is -2.16. The highest BCUT2D eigenvalue weighted by molar-refractivity contribution is 7.88. The Labute approximate surface area is 139 Å². The summed E-state index contributed by atoms with van der Waals surface area (Å²) in [6.07, 6.45) is 3.84. The number of nitrogens with one attached hydrogen (secondary N) is 1. The molecular formula is C17H26N2O3S. The fourth-order valence-corrected chi connectivity index (χ4v) is 4.44. The first kappa shape index (κ1) is 17.9. The van der Waals surface area contributed by atoms with E-state index in [9.17, 15) is 13.2 Å². The van der Waals surface area contributed by atoms with Gasteiger partial charge in [-0.2, -0.15) is 0 Å². The van der Waals surface area contributed by atoms with E-state index < -0.39 is 10.0 Å². The predicted molar refractivity (Wildman–Crippen MR) is 91.7 cm³/mol. The molecule has 1 aromatic rings. The monoisotopic (exact) mass is 338 g/mol. The van der Waals surface area contributed by atoms with Gasteiger partial charge in [0.25, 0.3) is 5.91 Å². The van der Waals surface area contributed by atoms with Gasteiger partial charge in [-0.3, -0.25) is 4.79 Å². The van der Waals surface area contributed by atoms with Crippen LogP contribution in [0, 0.1) is 0 Å². The molecule has 0 bridgehead atoms. The first-order valence-corrected chi connectivity index (χ1v) is 9.91. The summed E-state index contributed by atoms with van der Waals surface area (Å²) in [4.78, 5) is 12.1. The van der Waals surface area contributed by atoms with Gasteiger partial charge in [-0.1, -0.05) is 25.5 Å². The summed E-state index contributed by atoms with van der Waals surface area (Å²) in [6, 6.07) is 6.99. The van der Waals surface area contributed by atoms with Crippen molar-refractivity contribution in [1.82, 2.24) is 9.62 Å². The summed E-state index contributed by atoms with van der Waals surface area (Å²) >= 11 is 0. The van der Waals surface area contributed by atoms with Crippen molar-refractivity contribution in [1.29, 1.82) is 0 Å². The number of rotatable bonds is 7. The van der Waals surface area contributed by atoms with Gasteiger partial charge in [-0.05, 0) is 43.9 Å². The molecule has 1 aliphatic heterocycles. The Morgan fingerprint density at radius 1 is 1.22 bits per heavy atom. The largest absolute Gasteiger partial charge is 0.350 e. The molecule has 1 amide bonds. The zero-order chi connectivity index (χ0) is 16.9. The molecule has 2 rings (SSSR count). The Kier molecular flexibility index (Phi) is 6.18. The molecule has 1 fully saturated rings. The van der Waals surface area contributed by atoms with E-state index in [2.05, 4.69) is 12.2 Å². The SMILES string of the molecule is CCC[C@H](C)NC(=O)c1ccc(CS(=O)(=O)N2CCCC2)cc1. The maximum absolute atomic E-state index is 12.3. The van der Waals surface area contributed by atoms with Crippen LogP contribution >= 0.6 is 0 Å². The van der Waals surface area contributed by atoms with Gasteiger partial charge in [0, 0.05) is 24.7 Å². The van der Waals surface area contributed by atoms with Gasteiger partial charge in [-0.25, -0.2) is 12.7 Å². The van der Waals surface area contributed by atoms with E-state index in [0.29, 0.717) is 18.7 Å². The highest BCUT2D eigenvalue weighted by atomic mass is 32.2. The quantitative estimate of drug-likeness (QED) is 0.831. The number of amides is 1. The van der Waals surface area contributed by atoms with Crippen LogP contribution < -0.4 is 5.32 Å². The second kappa shape index (κ2) is 7.93. The van der Waals surface area contributed by atoms with Crippen molar-refractivity contribution >= 4 is 15.9 Å². The average Bonchev–Trinajstić information content (AvgIpc) is 3.03. The van der Waals surface area contributed by atoms with E-state index in [1.54, 1.807) is 28.6 Å². The topological polar surface area (TPSA) is 66.5 Å². The predicted octanol–water partition coefficient (Wildman–Crippen LogP) is 2.53. The van der Waals surface area contributed by atoms with Crippen LogP contribution in [0.4, 0.5) is 0 Å². The van der Waals surface area contributed by atoms with E-state index in [-0.39, 0.29) is 17.7 Å². The van der Waals surface area contributed by atoms with Gasteiger partial charge in [0.15, 0.2) is 0 Å². The summed E-state index contributed by atoms with van der Waals surface area (Å²) in [5.74, 6) is -0.110. The molecule has 0 saturated carbocycles. The molecule has 5 nitrogen and oxygen atoms in total. The summed E-state index contributed by atoms with van der Waals surface area (Å²) in [7, 11) is -3.24. The standard InChI is InChI=1S/C17H26N2O3S/c1-3-6-14(2)18-17(20)16-9-7-15(8-10-16)13-23(21,22)19-11-4-5-12-19/h7-10,14H,3-6,11-13H2,1-2H3,(H,18,20)/t14-/m0/s1. The molecule has 0 spiro atoms. The third-order valence-electron chi connectivity index (χ3n) is 4.12. The van der Waals surface area contributed by atoms with Crippen molar-refractivity contribution in [3.63, 3.8) is 0 Å². The van der Waals surface area contributed by atoms with E-state index in [1.165, 1.54) is 0 Å². The van der Waals surface area contributed by atoms with Gasteiger partial charge < -0.3 is 5.32 Å². The van der Waals surface area contributed by atoms with Crippen LogP contribution in [-0.2, 0) is 15.8 Å². The molecule has 1 heterocycles. The van der Waals surface area contributed by atoms with E-state index >= 15 is 0 Å². The molecule has 1 saturated heterocycles. The minimum atomic E-state index is -3.24. The van der Waals surface area contributed by atoms with Crippen molar-refractivity contribution in [3.8, 4) is 0 Å². The van der Waals surface area contributed by atoms with Crippen LogP contribution in [0.5, 0.6) is 0 Å². The summed E-state index contributed by atoms with van der Waals surface area (Å²) < 4.78 is 26.1. The molecule has 1 N–H and O–H groups in total. The minimum absolute atomic E-state index is 0.00113. The van der Waals surface area contributed by atoms with Crippen molar-refractivity contribution in [2.24, 2.45) is 0 Å². The molecule has 1 atom stereocenters. The van der Waals surface area contributed by atoms with Gasteiger partial charge in [-0.15, -0.1) is 0 Å². The van der Waals surface area contributed by atoms with Crippen LogP contribution in [-0.4, -0.2) is 37.8 Å². The van der Waals surface area contributed by atoms with E-state index in [1.807, 2.05) is 6.92 Å². The molecule has 0 aliphatic carbocycles. The van der Waals surface area contributed by atoms with Crippen LogP contribution in [0.15, 0.2) is 24.3 Å². The Balaban J connectivity index is 1.97. The second-order valence-electron chi connectivity index (χ2n) is 6.22. The minimum Gasteiger partial charge on any atom is -0.350 e. The van der Waals surface area contributed by atoms with Crippen LogP contribution in [0.25, 0.3) is 0 Å². The highest BCUT2D eigenvalue weighted by Gasteiger charge is 2.25. The third kappa shape index (κ3) is 5.04. The van der Waals surface area contributed by atoms with Crippen LogP contribution in [0.1, 0.15) is 55.5 Å². The number of carbonyl (C=O) groups is 1. The average molecular weight is 338 g/mol. The lowest BCUT2D eigenvalue weighted by Crippen LogP contribution is -2.32. The fourth-order valence-electron chi connectivity index (χ4n) is 2.83. The van der Waals surface area contributed by atoms with Crippen molar-refractivity contribution < 1.29 is 13.2 Å². The molecule has 0 unspecified atom stereocenters. The first-order valence-electron chi connectivity index (χ1n) is 8.30. The lowest BCUT2D eigenvalue weighted by atomic mass is 10.1. The Hall–Kier alpha value is -1.40. The number of sulfonamides is 1. The van der Waals surface area contributed by atoms with Crippen LogP contribution in [0.2, 0.25) is 0 Å². The smallest absolute Gasteiger partial charge is 0.251 e. The van der Waals surface area contributed by atoms with Gasteiger partial charge in [0.05, 0.1) is 5.75 Å². The third-order valence-corrected chi connectivity index (χ3v) is 5.97. The Bertz CT molecular complexity index is 620. The first-order chi connectivity index (χ1) is 10.9. The molecule has 0 aromatic heterocycles. The zero-order valence-corrected chi connectivity index (χ0v) is 14.7. The molecule has 1 aliphatic rings. The number of nitrogens with zero attached hydrogens (tertiary/aromatic N) is 1. The summed E-state index contributed by atoms with van der Waals surface area (Å²) in [5.41, 5.74) is 1.28. The van der Waals surface area contributed by atoms with E-state index in [0.717, 1.165) is 31.2 Å². The summed E-state index contributed by atoms with van der Waals surface area (Å²) in [6.45, 7) is 5.31. The van der Waals surface area contributed by atoms with Gasteiger partial charge >= 0.3 is 0 Å².